The second-order valence-electron chi connectivity index (χ2n) is 7.25. The van der Waals surface area contributed by atoms with E-state index in [1.807, 2.05) is 0 Å². The number of aromatic nitrogens is 4. The molecule has 12 heteroatoms. The Morgan fingerprint density at radius 2 is 1.97 bits per heavy atom. The van der Waals surface area contributed by atoms with Crippen LogP contribution in [-0.2, 0) is 24.3 Å². The Balaban J connectivity index is 1.31. The van der Waals surface area contributed by atoms with Gasteiger partial charge in [0, 0.05) is 31.1 Å². The Labute approximate surface area is 174 Å². The summed E-state index contributed by atoms with van der Waals surface area (Å²) in [5.41, 5.74) is 0.672. The van der Waals surface area contributed by atoms with Gasteiger partial charge in [0.25, 0.3) is 0 Å². The Morgan fingerprint density at radius 1 is 1.20 bits per heavy atom. The lowest BCUT2D eigenvalue weighted by atomic mass is 9.97. The van der Waals surface area contributed by atoms with Gasteiger partial charge in [0.05, 0.1) is 30.8 Å². The van der Waals surface area contributed by atoms with E-state index in [1.54, 1.807) is 12.1 Å². The molecule has 2 saturated heterocycles. The fraction of sp³-hybridized carbons (Fsp3) is 0.556. The molecule has 0 bridgehead atoms. The zero-order valence-corrected chi connectivity index (χ0v) is 17.2. The van der Waals surface area contributed by atoms with E-state index in [9.17, 15) is 13.2 Å². The van der Waals surface area contributed by atoms with Crippen LogP contribution in [0, 0.1) is 5.92 Å². The van der Waals surface area contributed by atoms with Gasteiger partial charge in [-0.3, -0.25) is 4.79 Å². The number of rotatable bonds is 6. The van der Waals surface area contributed by atoms with Crippen LogP contribution in [0.4, 0.5) is 0 Å². The van der Waals surface area contributed by atoms with Gasteiger partial charge in [-0.2, -0.15) is 9.52 Å². The highest BCUT2D eigenvalue weighted by atomic mass is 32.2. The molecule has 2 aromatic rings. The Morgan fingerprint density at radius 3 is 2.60 bits per heavy atom. The molecule has 0 radical (unpaired) electrons. The molecule has 4 rings (SSSR count). The summed E-state index contributed by atoms with van der Waals surface area (Å²) in [6, 6.07) is 6.36. The number of sulfonamides is 1. The summed E-state index contributed by atoms with van der Waals surface area (Å²) in [6.45, 7) is 2.60. The van der Waals surface area contributed by atoms with Crippen molar-refractivity contribution in [2.45, 2.75) is 23.8 Å². The maximum atomic E-state index is 12.9. The predicted octanol–water partition coefficient (Wildman–Crippen LogP) is -0.201. The van der Waals surface area contributed by atoms with E-state index in [0.29, 0.717) is 63.7 Å². The summed E-state index contributed by atoms with van der Waals surface area (Å²) < 4.78 is 38.1. The van der Waals surface area contributed by atoms with Gasteiger partial charge in [0.1, 0.15) is 0 Å². The lowest BCUT2D eigenvalue weighted by Crippen LogP contribution is -2.45. The summed E-state index contributed by atoms with van der Waals surface area (Å²) in [5.74, 6) is 0.128. The van der Waals surface area contributed by atoms with E-state index < -0.39 is 10.0 Å². The maximum absolute atomic E-state index is 12.9. The predicted molar refractivity (Wildman–Crippen MR) is 105 cm³/mol. The van der Waals surface area contributed by atoms with Gasteiger partial charge in [-0.15, -0.1) is 10.2 Å². The molecule has 3 heterocycles. The number of amides is 1. The number of H-pyrrole nitrogens is 1. The fourth-order valence-electron chi connectivity index (χ4n) is 3.58. The van der Waals surface area contributed by atoms with Crippen molar-refractivity contribution in [2.75, 3.05) is 39.5 Å². The van der Waals surface area contributed by atoms with Crippen LogP contribution < -0.4 is 5.32 Å². The van der Waals surface area contributed by atoms with Crippen molar-refractivity contribution in [1.82, 2.24) is 30.2 Å². The van der Waals surface area contributed by atoms with Crippen LogP contribution >= 0.6 is 0 Å². The Hall–Kier alpha value is -2.41. The monoisotopic (exact) mass is 436 g/mol. The van der Waals surface area contributed by atoms with Gasteiger partial charge in [0.15, 0.2) is 0 Å². The second-order valence-corrected chi connectivity index (χ2v) is 9.19. The molecule has 1 aromatic heterocycles. The number of tetrazole rings is 1. The third-order valence-electron chi connectivity index (χ3n) is 5.31. The first-order valence-corrected chi connectivity index (χ1v) is 11.3. The molecule has 2 aliphatic heterocycles. The number of hydrogen-bond donors (Lipinski definition) is 2. The maximum Gasteiger partial charge on any atom is 0.243 e. The molecule has 2 fully saturated rings. The molecule has 1 amide bonds. The lowest BCUT2D eigenvalue weighted by Gasteiger charge is -2.31. The van der Waals surface area contributed by atoms with Gasteiger partial charge < -0.3 is 14.8 Å². The molecule has 1 atom stereocenters. The standard InChI is InChI=1S/C18H24N6O5S/c25-18(19-11-15-12-28-9-10-29-15)14-5-7-24(8-6-14)30(26,27)16-3-1-13(2-4-16)17-20-22-23-21-17/h1-4,14-15H,5-12H2,(H,19,25)(H,20,21,22,23). The van der Waals surface area contributed by atoms with Crippen molar-refractivity contribution in [3.8, 4) is 11.4 Å². The van der Waals surface area contributed by atoms with Gasteiger partial charge in [-0.05, 0) is 42.3 Å². The number of carbonyl (C=O) groups is 1. The number of hydrogen-bond acceptors (Lipinski definition) is 8. The molecule has 162 valence electrons. The molecule has 1 aromatic carbocycles. The number of piperidine rings is 1. The molecule has 2 aliphatic rings. The average molecular weight is 436 g/mol. The average Bonchev–Trinajstić information content (AvgIpc) is 3.33. The molecular formula is C18H24N6O5S. The van der Waals surface area contributed by atoms with Gasteiger partial charge in [0.2, 0.25) is 21.8 Å². The third kappa shape index (κ3) is 4.67. The summed E-state index contributed by atoms with van der Waals surface area (Å²) in [6.07, 6.45) is 0.834. The number of aromatic amines is 1. The van der Waals surface area contributed by atoms with Gasteiger partial charge >= 0.3 is 0 Å². The van der Waals surface area contributed by atoms with Crippen LogP contribution in [0.1, 0.15) is 12.8 Å². The van der Waals surface area contributed by atoms with Crippen LogP contribution in [0.2, 0.25) is 0 Å². The Bertz CT molecular complexity index is 936. The molecule has 0 saturated carbocycles. The zero-order chi connectivity index (χ0) is 21.0. The van der Waals surface area contributed by atoms with E-state index >= 15 is 0 Å². The Kier molecular flexibility index (Phi) is 6.37. The van der Waals surface area contributed by atoms with Crippen molar-refractivity contribution >= 4 is 15.9 Å². The minimum atomic E-state index is -3.63. The van der Waals surface area contributed by atoms with Crippen LogP contribution in [-0.4, -0.2) is 84.8 Å². The summed E-state index contributed by atoms with van der Waals surface area (Å²) >= 11 is 0. The van der Waals surface area contributed by atoms with E-state index in [0.717, 1.165) is 0 Å². The second kappa shape index (κ2) is 9.16. The highest BCUT2D eigenvalue weighted by molar-refractivity contribution is 7.89. The third-order valence-corrected chi connectivity index (χ3v) is 7.22. The lowest BCUT2D eigenvalue weighted by molar-refractivity contribution is -0.128. The van der Waals surface area contributed by atoms with Crippen LogP contribution in [0.3, 0.4) is 0 Å². The van der Waals surface area contributed by atoms with Crippen molar-refractivity contribution in [3.63, 3.8) is 0 Å². The summed E-state index contributed by atoms with van der Waals surface area (Å²) in [7, 11) is -3.63. The number of nitrogens with zero attached hydrogens (tertiary/aromatic N) is 4. The molecule has 11 nitrogen and oxygen atoms in total. The number of nitrogens with one attached hydrogen (secondary N) is 2. The SMILES string of the molecule is O=C(NCC1COCCO1)C1CCN(S(=O)(=O)c2ccc(-c3nn[nH]n3)cc2)CC1. The van der Waals surface area contributed by atoms with E-state index in [4.69, 9.17) is 9.47 Å². The highest BCUT2D eigenvalue weighted by Crippen LogP contribution is 2.25. The quantitative estimate of drug-likeness (QED) is 0.635. The topological polar surface area (TPSA) is 139 Å². The van der Waals surface area contributed by atoms with Crippen LogP contribution in [0.5, 0.6) is 0 Å². The molecule has 0 spiro atoms. The molecule has 1 unspecified atom stereocenters. The fourth-order valence-corrected chi connectivity index (χ4v) is 5.05. The molecular weight excluding hydrogens is 412 g/mol. The van der Waals surface area contributed by atoms with Crippen molar-refractivity contribution < 1.29 is 22.7 Å². The normalized spacial score (nSPS) is 21.4. The summed E-state index contributed by atoms with van der Waals surface area (Å²) in [4.78, 5) is 12.6. The van der Waals surface area contributed by atoms with Crippen molar-refractivity contribution in [2.24, 2.45) is 5.92 Å². The zero-order valence-electron chi connectivity index (χ0n) is 16.4. The first kappa shape index (κ1) is 20.8. The van der Waals surface area contributed by atoms with Crippen LogP contribution in [0.15, 0.2) is 29.2 Å². The first-order chi connectivity index (χ1) is 14.5. The minimum Gasteiger partial charge on any atom is -0.376 e. The summed E-state index contributed by atoms with van der Waals surface area (Å²) in [5, 5.41) is 16.5. The van der Waals surface area contributed by atoms with Crippen molar-refractivity contribution in [1.29, 1.82) is 0 Å². The van der Waals surface area contributed by atoms with E-state index in [-0.39, 0.29) is 22.8 Å². The van der Waals surface area contributed by atoms with E-state index in [2.05, 4.69) is 25.9 Å². The minimum absolute atomic E-state index is 0.0642. The largest absolute Gasteiger partial charge is 0.376 e. The molecule has 0 aliphatic carbocycles. The van der Waals surface area contributed by atoms with Gasteiger partial charge in [-0.25, -0.2) is 8.42 Å². The van der Waals surface area contributed by atoms with E-state index in [1.165, 1.54) is 16.4 Å². The number of carbonyl (C=O) groups excluding carboxylic acids is 1. The smallest absolute Gasteiger partial charge is 0.243 e. The number of benzene rings is 1. The van der Waals surface area contributed by atoms with Gasteiger partial charge in [-0.1, -0.05) is 0 Å². The van der Waals surface area contributed by atoms with Crippen LogP contribution in [0.25, 0.3) is 11.4 Å². The first-order valence-electron chi connectivity index (χ1n) is 9.85. The molecule has 30 heavy (non-hydrogen) atoms. The number of ether oxygens (including phenoxy) is 2. The molecule has 2 N–H and O–H groups in total. The highest BCUT2D eigenvalue weighted by Gasteiger charge is 2.32. The van der Waals surface area contributed by atoms with Crippen molar-refractivity contribution in [3.05, 3.63) is 24.3 Å².